The molecule has 17 heavy (non-hydrogen) atoms. The second kappa shape index (κ2) is 5.35. The van der Waals surface area contributed by atoms with Crippen LogP contribution < -0.4 is 11.3 Å². The normalized spacial score (nSPS) is 12.4. The molecule has 0 saturated heterocycles. The zero-order chi connectivity index (χ0) is 12.3. The highest BCUT2D eigenvalue weighted by atomic mass is 79.9. The molecule has 2 aromatic rings. The number of nitrogens with one attached hydrogen (secondary N) is 1. The van der Waals surface area contributed by atoms with E-state index in [1.165, 1.54) is 11.9 Å². The number of hydrazine groups is 1. The highest BCUT2D eigenvalue weighted by Crippen LogP contribution is 2.28. The minimum Gasteiger partial charge on any atom is -0.271 e. The standard InChI is InChI=1S/C12H13BrN4/c1-8-2-3-11(13)10(4-8)12(17-14)9-5-15-7-16-6-9/h2-7,12,17H,14H2,1H3. The molecule has 0 spiro atoms. The van der Waals surface area contributed by atoms with Gasteiger partial charge in [-0.1, -0.05) is 33.6 Å². The van der Waals surface area contributed by atoms with Crippen LogP contribution in [0.15, 0.2) is 41.4 Å². The van der Waals surface area contributed by atoms with E-state index in [9.17, 15) is 0 Å². The van der Waals surface area contributed by atoms with Crippen molar-refractivity contribution in [3.63, 3.8) is 0 Å². The lowest BCUT2D eigenvalue weighted by Crippen LogP contribution is -2.29. The molecule has 88 valence electrons. The maximum atomic E-state index is 5.63. The summed E-state index contributed by atoms with van der Waals surface area (Å²) < 4.78 is 1.01. The maximum Gasteiger partial charge on any atom is 0.115 e. The minimum atomic E-state index is -0.120. The topological polar surface area (TPSA) is 63.8 Å². The largest absolute Gasteiger partial charge is 0.271 e. The summed E-state index contributed by atoms with van der Waals surface area (Å²) in [4.78, 5) is 8.02. The highest BCUT2D eigenvalue weighted by Gasteiger charge is 2.15. The molecule has 0 aliphatic carbocycles. The first-order chi connectivity index (χ1) is 8.22. The van der Waals surface area contributed by atoms with Crippen molar-refractivity contribution < 1.29 is 0 Å². The Labute approximate surface area is 108 Å². The predicted octanol–water partition coefficient (Wildman–Crippen LogP) is 2.10. The zero-order valence-corrected chi connectivity index (χ0v) is 11.0. The van der Waals surface area contributed by atoms with Gasteiger partial charge in [-0.05, 0) is 18.6 Å². The Balaban J connectivity index is 2.46. The fourth-order valence-electron chi connectivity index (χ4n) is 1.71. The van der Waals surface area contributed by atoms with Gasteiger partial charge in [-0.25, -0.2) is 15.4 Å². The van der Waals surface area contributed by atoms with Gasteiger partial charge in [0.25, 0.3) is 0 Å². The number of nitrogens with two attached hydrogens (primary N) is 1. The molecule has 0 amide bonds. The van der Waals surface area contributed by atoms with Crippen molar-refractivity contribution in [3.8, 4) is 0 Å². The summed E-state index contributed by atoms with van der Waals surface area (Å²) in [7, 11) is 0. The van der Waals surface area contributed by atoms with Gasteiger partial charge < -0.3 is 0 Å². The van der Waals surface area contributed by atoms with Gasteiger partial charge >= 0.3 is 0 Å². The van der Waals surface area contributed by atoms with E-state index in [1.807, 2.05) is 19.1 Å². The van der Waals surface area contributed by atoms with Crippen LogP contribution in [0.25, 0.3) is 0 Å². The van der Waals surface area contributed by atoms with Gasteiger partial charge in [0.05, 0.1) is 6.04 Å². The van der Waals surface area contributed by atoms with Crippen molar-refractivity contribution in [2.75, 3.05) is 0 Å². The second-order valence-corrected chi connectivity index (χ2v) is 4.65. The molecule has 0 aliphatic rings. The van der Waals surface area contributed by atoms with Crippen molar-refractivity contribution in [2.45, 2.75) is 13.0 Å². The molecule has 5 heteroatoms. The lowest BCUT2D eigenvalue weighted by molar-refractivity contribution is 0.629. The Bertz CT molecular complexity index is 501. The molecule has 0 saturated carbocycles. The quantitative estimate of drug-likeness (QED) is 0.672. The summed E-state index contributed by atoms with van der Waals surface area (Å²) in [6, 6.07) is 6.02. The molecular weight excluding hydrogens is 280 g/mol. The molecular formula is C12H13BrN4. The molecule has 4 nitrogen and oxygen atoms in total. The van der Waals surface area contributed by atoms with Crippen LogP contribution in [0.2, 0.25) is 0 Å². The van der Waals surface area contributed by atoms with Gasteiger partial charge in [-0.2, -0.15) is 0 Å². The van der Waals surface area contributed by atoms with Gasteiger partial charge in [-0.15, -0.1) is 0 Å². The van der Waals surface area contributed by atoms with E-state index in [2.05, 4.69) is 37.4 Å². The Morgan fingerprint density at radius 1 is 1.29 bits per heavy atom. The third-order valence-corrected chi connectivity index (χ3v) is 3.27. The average molecular weight is 293 g/mol. The predicted molar refractivity (Wildman–Crippen MR) is 70.1 cm³/mol. The van der Waals surface area contributed by atoms with Crippen molar-refractivity contribution in [2.24, 2.45) is 5.84 Å². The van der Waals surface area contributed by atoms with Crippen molar-refractivity contribution in [1.82, 2.24) is 15.4 Å². The van der Waals surface area contributed by atoms with Crippen molar-refractivity contribution in [3.05, 3.63) is 58.1 Å². The molecule has 1 unspecified atom stereocenters. The van der Waals surface area contributed by atoms with E-state index in [0.717, 1.165) is 15.6 Å². The van der Waals surface area contributed by atoms with E-state index in [4.69, 9.17) is 5.84 Å². The summed E-state index contributed by atoms with van der Waals surface area (Å²) in [5.41, 5.74) is 5.98. The number of benzene rings is 1. The molecule has 0 aliphatic heterocycles. The van der Waals surface area contributed by atoms with Crippen LogP contribution >= 0.6 is 15.9 Å². The molecule has 1 aromatic heterocycles. The zero-order valence-electron chi connectivity index (χ0n) is 9.39. The fourth-order valence-corrected chi connectivity index (χ4v) is 2.19. The van der Waals surface area contributed by atoms with Crippen LogP contribution in [0.4, 0.5) is 0 Å². The number of aryl methyl sites for hydroxylation is 1. The van der Waals surface area contributed by atoms with E-state index >= 15 is 0 Å². The van der Waals surface area contributed by atoms with Crippen LogP contribution in [0.5, 0.6) is 0 Å². The van der Waals surface area contributed by atoms with Gasteiger partial charge in [0, 0.05) is 22.4 Å². The number of rotatable bonds is 3. The molecule has 0 bridgehead atoms. The Hall–Kier alpha value is -1.30. The lowest BCUT2D eigenvalue weighted by atomic mass is 10.0. The molecule has 0 radical (unpaired) electrons. The summed E-state index contributed by atoms with van der Waals surface area (Å²) in [5, 5.41) is 0. The van der Waals surface area contributed by atoms with Crippen LogP contribution in [0.1, 0.15) is 22.7 Å². The number of hydrogen-bond donors (Lipinski definition) is 2. The highest BCUT2D eigenvalue weighted by molar-refractivity contribution is 9.10. The van der Waals surface area contributed by atoms with Gasteiger partial charge in [-0.3, -0.25) is 5.84 Å². The lowest BCUT2D eigenvalue weighted by Gasteiger charge is -2.18. The first kappa shape index (κ1) is 12.2. The first-order valence-electron chi connectivity index (χ1n) is 5.19. The first-order valence-corrected chi connectivity index (χ1v) is 5.98. The number of aromatic nitrogens is 2. The van der Waals surface area contributed by atoms with E-state index in [0.29, 0.717) is 0 Å². The van der Waals surface area contributed by atoms with Gasteiger partial charge in [0.15, 0.2) is 0 Å². The van der Waals surface area contributed by atoms with Crippen LogP contribution in [0.3, 0.4) is 0 Å². The number of nitrogens with zero attached hydrogens (tertiary/aromatic N) is 2. The minimum absolute atomic E-state index is 0.120. The summed E-state index contributed by atoms with van der Waals surface area (Å²) >= 11 is 3.53. The fraction of sp³-hybridized carbons (Fsp3) is 0.167. The SMILES string of the molecule is Cc1ccc(Br)c(C(NN)c2cncnc2)c1. The third-order valence-electron chi connectivity index (χ3n) is 2.54. The Morgan fingerprint density at radius 2 is 2.00 bits per heavy atom. The molecule has 1 atom stereocenters. The second-order valence-electron chi connectivity index (χ2n) is 3.80. The smallest absolute Gasteiger partial charge is 0.115 e. The Kier molecular flexibility index (Phi) is 3.83. The van der Waals surface area contributed by atoms with E-state index in [-0.39, 0.29) is 6.04 Å². The van der Waals surface area contributed by atoms with Gasteiger partial charge in [0.2, 0.25) is 0 Å². The van der Waals surface area contributed by atoms with Gasteiger partial charge in [0.1, 0.15) is 6.33 Å². The number of hydrogen-bond acceptors (Lipinski definition) is 4. The van der Waals surface area contributed by atoms with Crippen LogP contribution in [0, 0.1) is 6.92 Å². The van der Waals surface area contributed by atoms with Crippen molar-refractivity contribution in [1.29, 1.82) is 0 Å². The van der Waals surface area contributed by atoms with Crippen molar-refractivity contribution >= 4 is 15.9 Å². The average Bonchev–Trinajstić information content (AvgIpc) is 2.36. The summed E-state index contributed by atoms with van der Waals surface area (Å²) in [6.07, 6.45) is 5.01. The monoisotopic (exact) mass is 292 g/mol. The van der Waals surface area contributed by atoms with E-state index < -0.39 is 0 Å². The Morgan fingerprint density at radius 3 is 2.65 bits per heavy atom. The third kappa shape index (κ3) is 2.69. The van der Waals surface area contributed by atoms with Crippen LogP contribution in [-0.4, -0.2) is 9.97 Å². The van der Waals surface area contributed by atoms with Crippen LogP contribution in [-0.2, 0) is 0 Å². The summed E-state index contributed by atoms with van der Waals surface area (Å²) in [6.45, 7) is 2.05. The molecule has 2 rings (SSSR count). The maximum absolute atomic E-state index is 5.63. The molecule has 0 fully saturated rings. The van der Waals surface area contributed by atoms with E-state index in [1.54, 1.807) is 12.4 Å². The number of halogens is 1. The molecule has 1 aromatic carbocycles. The summed E-state index contributed by atoms with van der Waals surface area (Å²) in [5.74, 6) is 5.63. The molecule has 1 heterocycles. The molecule has 3 N–H and O–H groups in total.